The maximum absolute atomic E-state index is 13.3. The van der Waals surface area contributed by atoms with Gasteiger partial charge in [-0.3, -0.25) is 9.59 Å². The molecular formula is C24H19ClFNO3S. The van der Waals surface area contributed by atoms with E-state index in [1.807, 2.05) is 30.5 Å². The second-order valence-electron chi connectivity index (χ2n) is 7.34. The molecule has 1 aliphatic rings. The predicted octanol–water partition coefficient (Wildman–Crippen LogP) is 5.51. The molecule has 1 atom stereocenters. The van der Waals surface area contributed by atoms with Gasteiger partial charge in [-0.15, -0.1) is 11.3 Å². The van der Waals surface area contributed by atoms with E-state index >= 15 is 0 Å². The van der Waals surface area contributed by atoms with E-state index in [0.29, 0.717) is 18.0 Å². The van der Waals surface area contributed by atoms with Crippen molar-refractivity contribution in [2.45, 2.75) is 19.4 Å². The summed E-state index contributed by atoms with van der Waals surface area (Å²) >= 11 is 7.37. The van der Waals surface area contributed by atoms with Gasteiger partial charge >= 0.3 is 0 Å². The molecule has 1 aromatic heterocycles. The Morgan fingerprint density at radius 2 is 1.77 bits per heavy atom. The molecule has 2 heterocycles. The summed E-state index contributed by atoms with van der Waals surface area (Å²) in [5.74, 6) is -2.15. The third kappa shape index (κ3) is 4.13. The first-order chi connectivity index (χ1) is 14.9. The maximum Gasteiger partial charge on any atom is 0.295 e. The molecule has 158 valence electrons. The molecule has 31 heavy (non-hydrogen) atoms. The summed E-state index contributed by atoms with van der Waals surface area (Å²) in [7, 11) is 0. The lowest BCUT2D eigenvalue weighted by molar-refractivity contribution is -0.139. The van der Waals surface area contributed by atoms with Crippen molar-refractivity contribution in [2.75, 3.05) is 6.54 Å². The summed E-state index contributed by atoms with van der Waals surface area (Å²) in [5.41, 5.74) is 2.22. The van der Waals surface area contributed by atoms with Gasteiger partial charge < -0.3 is 10.0 Å². The normalized spacial score (nSPS) is 18.0. The van der Waals surface area contributed by atoms with Gasteiger partial charge in [0.1, 0.15) is 11.6 Å². The lowest BCUT2D eigenvalue weighted by Gasteiger charge is -2.25. The largest absolute Gasteiger partial charge is 0.507 e. The average Bonchev–Trinajstić information content (AvgIpc) is 3.28. The molecule has 0 saturated carbocycles. The average molecular weight is 456 g/mol. The van der Waals surface area contributed by atoms with E-state index in [1.165, 1.54) is 40.5 Å². The van der Waals surface area contributed by atoms with E-state index in [-0.39, 0.29) is 16.9 Å². The molecule has 1 N–H and O–H groups in total. The van der Waals surface area contributed by atoms with Crippen LogP contribution in [0.4, 0.5) is 4.39 Å². The number of nitrogens with zero attached hydrogens (tertiary/aromatic N) is 1. The van der Waals surface area contributed by atoms with E-state index in [1.54, 1.807) is 12.1 Å². The number of likely N-dealkylation sites (tertiary alicyclic amines) is 1. The minimum Gasteiger partial charge on any atom is -0.507 e. The Kier molecular flexibility index (Phi) is 5.94. The summed E-state index contributed by atoms with van der Waals surface area (Å²) in [6.07, 6.45) is 0.529. The summed E-state index contributed by atoms with van der Waals surface area (Å²) in [4.78, 5) is 28.3. The minimum absolute atomic E-state index is 0.0262. The maximum atomic E-state index is 13.3. The zero-order valence-corrected chi connectivity index (χ0v) is 18.2. The SMILES string of the molecule is Cc1ccsc1C1/C(=C(/O)c2ccc(F)cc2)C(=O)C(=O)N1CCc1ccc(Cl)cc1. The summed E-state index contributed by atoms with van der Waals surface area (Å²) in [6.45, 7) is 2.21. The summed E-state index contributed by atoms with van der Waals surface area (Å²) < 4.78 is 13.3. The van der Waals surface area contributed by atoms with Crippen LogP contribution in [0.3, 0.4) is 0 Å². The van der Waals surface area contributed by atoms with E-state index in [0.717, 1.165) is 16.0 Å². The molecule has 4 nitrogen and oxygen atoms in total. The van der Waals surface area contributed by atoms with Crippen molar-refractivity contribution in [1.29, 1.82) is 0 Å². The van der Waals surface area contributed by atoms with Crippen molar-refractivity contribution >= 4 is 40.4 Å². The Hall–Kier alpha value is -2.96. The number of aryl methyl sites for hydroxylation is 1. The Bertz CT molecular complexity index is 1170. The van der Waals surface area contributed by atoms with Crippen LogP contribution in [0.1, 0.15) is 27.6 Å². The number of rotatable bonds is 5. The van der Waals surface area contributed by atoms with E-state index < -0.39 is 23.5 Å². The predicted molar refractivity (Wildman–Crippen MR) is 120 cm³/mol. The van der Waals surface area contributed by atoms with Crippen LogP contribution in [-0.4, -0.2) is 28.2 Å². The summed E-state index contributed by atoms with van der Waals surface area (Å²) in [6, 6.07) is 13.7. The van der Waals surface area contributed by atoms with Crippen LogP contribution >= 0.6 is 22.9 Å². The molecule has 0 aliphatic carbocycles. The van der Waals surface area contributed by atoms with Crippen molar-refractivity contribution in [3.05, 3.63) is 98.0 Å². The smallest absolute Gasteiger partial charge is 0.295 e. The van der Waals surface area contributed by atoms with Crippen LogP contribution in [0.15, 0.2) is 65.6 Å². The van der Waals surface area contributed by atoms with E-state index in [4.69, 9.17) is 11.6 Å². The molecule has 4 rings (SSSR count). The molecule has 1 unspecified atom stereocenters. The highest BCUT2D eigenvalue weighted by atomic mass is 35.5. The number of aliphatic hydroxyl groups excluding tert-OH is 1. The number of amides is 1. The number of thiophene rings is 1. The molecule has 0 bridgehead atoms. The fourth-order valence-electron chi connectivity index (χ4n) is 3.71. The Morgan fingerprint density at radius 1 is 1.10 bits per heavy atom. The van der Waals surface area contributed by atoms with Crippen molar-refractivity contribution in [1.82, 2.24) is 4.90 Å². The highest BCUT2D eigenvalue weighted by molar-refractivity contribution is 7.10. The van der Waals surface area contributed by atoms with Crippen LogP contribution < -0.4 is 0 Å². The standard InChI is InChI=1S/C24H19ClFNO3S/c1-14-11-13-31-23(14)20-19(21(28)16-4-8-18(26)9-5-16)22(29)24(30)27(20)12-10-15-2-6-17(25)7-3-15/h2-9,11,13,20,28H,10,12H2,1H3/b21-19-. The highest BCUT2D eigenvalue weighted by Crippen LogP contribution is 2.42. The lowest BCUT2D eigenvalue weighted by atomic mass is 9.98. The molecular weight excluding hydrogens is 437 g/mol. The second-order valence-corrected chi connectivity index (χ2v) is 8.73. The van der Waals surface area contributed by atoms with Gasteiger partial charge in [-0.05, 0) is 72.3 Å². The number of carbonyl (C=O) groups excluding carboxylic acids is 2. The molecule has 1 saturated heterocycles. The third-order valence-corrected chi connectivity index (χ3v) is 6.69. The zero-order chi connectivity index (χ0) is 22.1. The molecule has 7 heteroatoms. The minimum atomic E-state index is -0.740. The van der Waals surface area contributed by atoms with Crippen molar-refractivity contribution in [2.24, 2.45) is 0 Å². The monoisotopic (exact) mass is 455 g/mol. The third-order valence-electron chi connectivity index (χ3n) is 5.36. The van der Waals surface area contributed by atoms with Crippen LogP contribution in [0.2, 0.25) is 5.02 Å². The summed E-state index contributed by atoms with van der Waals surface area (Å²) in [5, 5.41) is 13.5. The van der Waals surface area contributed by atoms with Gasteiger partial charge in [0, 0.05) is 22.0 Å². The highest BCUT2D eigenvalue weighted by Gasteiger charge is 2.46. The molecule has 2 aromatic carbocycles. The van der Waals surface area contributed by atoms with Crippen LogP contribution in [0.25, 0.3) is 5.76 Å². The van der Waals surface area contributed by atoms with Crippen molar-refractivity contribution in [3.8, 4) is 0 Å². The first kappa shape index (κ1) is 21.3. The number of ketones is 1. The fraction of sp³-hybridized carbons (Fsp3) is 0.167. The zero-order valence-electron chi connectivity index (χ0n) is 16.6. The van der Waals surface area contributed by atoms with Crippen LogP contribution in [0, 0.1) is 12.7 Å². The Labute approximate surface area is 188 Å². The lowest BCUT2D eigenvalue weighted by Crippen LogP contribution is -2.31. The van der Waals surface area contributed by atoms with Crippen molar-refractivity contribution in [3.63, 3.8) is 0 Å². The molecule has 1 aliphatic heterocycles. The Morgan fingerprint density at radius 3 is 2.39 bits per heavy atom. The van der Waals surface area contributed by atoms with Gasteiger partial charge in [0.25, 0.3) is 11.7 Å². The number of aliphatic hydroxyl groups is 1. The van der Waals surface area contributed by atoms with Crippen molar-refractivity contribution < 1.29 is 19.1 Å². The molecule has 1 amide bonds. The van der Waals surface area contributed by atoms with Crippen LogP contribution in [-0.2, 0) is 16.0 Å². The molecule has 3 aromatic rings. The quantitative estimate of drug-likeness (QED) is 0.313. The van der Waals surface area contributed by atoms with Gasteiger partial charge in [-0.1, -0.05) is 23.7 Å². The number of hydrogen-bond donors (Lipinski definition) is 1. The topological polar surface area (TPSA) is 57.6 Å². The molecule has 0 spiro atoms. The second kappa shape index (κ2) is 8.65. The Balaban J connectivity index is 1.75. The molecule has 1 fully saturated rings. The first-order valence-corrected chi connectivity index (χ1v) is 11.0. The number of halogens is 2. The van der Waals surface area contributed by atoms with E-state index in [2.05, 4.69) is 0 Å². The van der Waals surface area contributed by atoms with Gasteiger partial charge in [-0.25, -0.2) is 4.39 Å². The number of hydrogen-bond acceptors (Lipinski definition) is 4. The van der Waals surface area contributed by atoms with Gasteiger partial charge in [0.2, 0.25) is 0 Å². The number of Topliss-reactive ketones (excluding diaryl/α,β-unsaturated/α-hetero) is 1. The van der Waals surface area contributed by atoms with Gasteiger partial charge in [-0.2, -0.15) is 0 Å². The fourth-order valence-corrected chi connectivity index (χ4v) is 4.88. The van der Waals surface area contributed by atoms with E-state index in [9.17, 15) is 19.1 Å². The number of carbonyl (C=O) groups is 2. The molecule has 0 radical (unpaired) electrons. The van der Waals surface area contributed by atoms with Gasteiger partial charge in [0.05, 0.1) is 11.6 Å². The first-order valence-electron chi connectivity index (χ1n) is 9.69. The van der Waals surface area contributed by atoms with Gasteiger partial charge in [0.15, 0.2) is 0 Å². The van der Waals surface area contributed by atoms with Crippen LogP contribution in [0.5, 0.6) is 0 Å². The number of benzene rings is 2.